The molecule has 1 unspecified atom stereocenters. The molecule has 1 nitrogen and oxygen atoms in total. The SMILES string of the molecule is Clc1cccc2c3cc(-c4ccccc4)cc(C4C=CC=CC4)c3n(-c3ccccc3)c12. The fourth-order valence-electron chi connectivity index (χ4n) is 4.91. The third kappa shape index (κ3) is 3.09. The van der Waals surface area contributed by atoms with Crippen LogP contribution in [0.3, 0.4) is 0 Å². The molecule has 0 N–H and O–H groups in total. The van der Waals surface area contributed by atoms with Crippen molar-refractivity contribution in [3.63, 3.8) is 0 Å². The Kier molecular flexibility index (Phi) is 4.70. The van der Waals surface area contributed by atoms with E-state index in [2.05, 4.69) is 114 Å². The highest BCUT2D eigenvalue weighted by molar-refractivity contribution is 6.36. The minimum Gasteiger partial charge on any atom is -0.307 e. The summed E-state index contributed by atoms with van der Waals surface area (Å²) in [6.45, 7) is 0. The number of para-hydroxylation sites is 2. The fraction of sp³-hybridized carbons (Fsp3) is 0.0667. The first kappa shape index (κ1) is 19.2. The van der Waals surface area contributed by atoms with Gasteiger partial charge in [0.15, 0.2) is 0 Å². The number of rotatable bonds is 3. The molecule has 0 saturated heterocycles. The average Bonchev–Trinajstić information content (AvgIpc) is 3.21. The molecule has 0 radical (unpaired) electrons. The number of aromatic nitrogens is 1. The van der Waals surface area contributed by atoms with E-state index in [-0.39, 0.29) is 0 Å². The Hall–Kier alpha value is -3.55. The van der Waals surface area contributed by atoms with Gasteiger partial charge in [0.1, 0.15) is 0 Å². The van der Waals surface area contributed by atoms with Crippen LogP contribution in [0.5, 0.6) is 0 Å². The van der Waals surface area contributed by atoms with Gasteiger partial charge < -0.3 is 4.57 Å². The number of nitrogens with zero attached hydrogens (tertiary/aromatic N) is 1. The number of halogens is 1. The van der Waals surface area contributed by atoms with Crippen LogP contribution in [0.25, 0.3) is 38.6 Å². The monoisotopic (exact) mass is 431 g/mol. The van der Waals surface area contributed by atoms with E-state index in [0.717, 1.165) is 22.6 Å². The molecule has 154 valence electrons. The highest BCUT2D eigenvalue weighted by atomic mass is 35.5. The lowest BCUT2D eigenvalue weighted by atomic mass is 9.88. The quantitative estimate of drug-likeness (QED) is 0.269. The topological polar surface area (TPSA) is 4.93 Å². The molecule has 1 aromatic heterocycles. The zero-order chi connectivity index (χ0) is 21.5. The minimum atomic E-state index is 0.316. The van der Waals surface area contributed by atoms with Crippen LogP contribution in [0.2, 0.25) is 5.02 Å². The molecular formula is C30H22ClN. The summed E-state index contributed by atoms with van der Waals surface area (Å²) in [5, 5.41) is 3.20. The Labute approximate surface area is 192 Å². The van der Waals surface area contributed by atoms with Crippen LogP contribution < -0.4 is 0 Å². The largest absolute Gasteiger partial charge is 0.307 e. The van der Waals surface area contributed by atoms with Crippen LogP contribution in [0.1, 0.15) is 17.9 Å². The number of hydrogen-bond acceptors (Lipinski definition) is 0. The van der Waals surface area contributed by atoms with Crippen LogP contribution in [0.15, 0.2) is 115 Å². The Morgan fingerprint density at radius 1 is 0.688 bits per heavy atom. The van der Waals surface area contributed by atoms with Crippen molar-refractivity contribution in [2.24, 2.45) is 0 Å². The van der Waals surface area contributed by atoms with Gasteiger partial charge in [-0.2, -0.15) is 0 Å². The molecule has 1 atom stereocenters. The molecule has 0 bridgehead atoms. The van der Waals surface area contributed by atoms with E-state index in [1.165, 1.54) is 33.0 Å². The lowest BCUT2D eigenvalue weighted by molar-refractivity contribution is 0.857. The molecule has 32 heavy (non-hydrogen) atoms. The predicted octanol–water partition coefficient (Wildman–Crippen LogP) is 8.70. The van der Waals surface area contributed by atoms with Crippen LogP contribution in [0.4, 0.5) is 0 Å². The Balaban J connectivity index is 1.78. The van der Waals surface area contributed by atoms with Gasteiger partial charge in [0.2, 0.25) is 0 Å². The van der Waals surface area contributed by atoms with Gasteiger partial charge in [0, 0.05) is 22.4 Å². The zero-order valence-electron chi connectivity index (χ0n) is 17.6. The molecule has 0 spiro atoms. The minimum absolute atomic E-state index is 0.316. The summed E-state index contributed by atoms with van der Waals surface area (Å²) in [7, 11) is 0. The highest BCUT2D eigenvalue weighted by Crippen LogP contribution is 2.43. The molecule has 0 amide bonds. The summed E-state index contributed by atoms with van der Waals surface area (Å²) in [6.07, 6.45) is 9.87. The molecule has 0 saturated carbocycles. The van der Waals surface area contributed by atoms with Gasteiger partial charge in [-0.3, -0.25) is 0 Å². The van der Waals surface area contributed by atoms with E-state index in [4.69, 9.17) is 11.6 Å². The van der Waals surface area contributed by atoms with Gasteiger partial charge >= 0.3 is 0 Å². The van der Waals surface area contributed by atoms with E-state index < -0.39 is 0 Å². The van der Waals surface area contributed by atoms with Gasteiger partial charge in [0.05, 0.1) is 16.1 Å². The Morgan fingerprint density at radius 2 is 1.47 bits per heavy atom. The maximum absolute atomic E-state index is 6.83. The van der Waals surface area contributed by atoms with Gasteiger partial charge in [0.25, 0.3) is 0 Å². The second-order valence-electron chi connectivity index (χ2n) is 8.29. The van der Waals surface area contributed by atoms with E-state index >= 15 is 0 Å². The first-order chi connectivity index (χ1) is 15.8. The van der Waals surface area contributed by atoms with Gasteiger partial charge in [-0.1, -0.05) is 96.6 Å². The van der Waals surface area contributed by atoms with E-state index in [9.17, 15) is 0 Å². The van der Waals surface area contributed by atoms with Gasteiger partial charge in [-0.05, 0) is 53.4 Å². The zero-order valence-corrected chi connectivity index (χ0v) is 18.3. The average molecular weight is 432 g/mol. The van der Waals surface area contributed by atoms with Crippen molar-refractivity contribution in [2.45, 2.75) is 12.3 Å². The maximum atomic E-state index is 6.83. The molecule has 4 aromatic carbocycles. The molecular weight excluding hydrogens is 410 g/mol. The Bertz CT molecular complexity index is 1490. The normalized spacial score (nSPS) is 15.6. The standard InChI is InChI=1S/C30H22ClN/c31-28-18-10-17-25-27-20-23(21-11-4-1-5-12-21)19-26(22-13-6-2-7-14-22)29(27)32(30(25)28)24-15-8-3-9-16-24/h1-13,15-20,22H,14H2. The van der Waals surface area contributed by atoms with E-state index in [1.54, 1.807) is 0 Å². The van der Waals surface area contributed by atoms with Crippen molar-refractivity contribution >= 4 is 33.4 Å². The van der Waals surface area contributed by atoms with Crippen molar-refractivity contribution < 1.29 is 0 Å². The number of fused-ring (bicyclic) bond motifs is 3. The van der Waals surface area contributed by atoms with Crippen LogP contribution in [-0.4, -0.2) is 4.57 Å². The van der Waals surface area contributed by atoms with E-state index in [0.29, 0.717) is 5.92 Å². The predicted molar refractivity (Wildman–Crippen MR) is 137 cm³/mol. The second-order valence-corrected chi connectivity index (χ2v) is 8.70. The number of hydrogen-bond donors (Lipinski definition) is 0. The summed E-state index contributed by atoms with van der Waals surface area (Å²) < 4.78 is 2.35. The number of allylic oxidation sites excluding steroid dienone is 4. The second kappa shape index (κ2) is 7.85. The van der Waals surface area contributed by atoms with Crippen LogP contribution >= 0.6 is 11.6 Å². The fourth-order valence-corrected chi connectivity index (χ4v) is 5.17. The number of benzene rings is 4. The third-order valence-corrected chi connectivity index (χ3v) is 6.67. The molecule has 0 aliphatic heterocycles. The van der Waals surface area contributed by atoms with Crippen molar-refractivity contribution in [3.05, 3.63) is 126 Å². The maximum Gasteiger partial charge on any atom is 0.0727 e. The molecule has 1 aliphatic carbocycles. The van der Waals surface area contributed by atoms with Crippen molar-refractivity contribution in [1.82, 2.24) is 4.57 Å². The molecule has 1 heterocycles. The summed E-state index contributed by atoms with van der Waals surface area (Å²) in [6, 6.07) is 32.1. The third-order valence-electron chi connectivity index (χ3n) is 6.37. The van der Waals surface area contributed by atoms with Gasteiger partial charge in [-0.25, -0.2) is 0 Å². The molecule has 0 fully saturated rings. The van der Waals surface area contributed by atoms with Gasteiger partial charge in [-0.15, -0.1) is 0 Å². The smallest absolute Gasteiger partial charge is 0.0727 e. The summed E-state index contributed by atoms with van der Waals surface area (Å²) in [5.74, 6) is 0.316. The van der Waals surface area contributed by atoms with Crippen molar-refractivity contribution in [2.75, 3.05) is 0 Å². The summed E-state index contributed by atoms with van der Waals surface area (Å²) in [5.41, 5.74) is 7.24. The summed E-state index contributed by atoms with van der Waals surface area (Å²) >= 11 is 6.83. The van der Waals surface area contributed by atoms with Crippen LogP contribution in [-0.2, 0) is 0 Å². The lowest BCUT2D eigenvalue weighted by Crippen LogP contribution is -2.02. The Morgan fingerprint density at radius 3 is 2.22 bits per heavy atom. The molecule has 5 aromatic rings. The first-order valence-electron chi connectivity index (χ1n) is 11.0. The summed E-state index contributed by atoms with van der Waals surface area (Å²) in [4.78, 5) is 0. The van der Waals surface area contributed by atoms with E-state index in [1.807, 2.05) is 6.07 Å². The van der Waals surface area contributed by atoms with Crippen molar-refractivity contribution in [3.8, 4) is 16.8 Å². The lowest BCUT2D eigenvalue weighted by Gasteiger charge is -2.19. The molecule has 1 aliphatic rings. The molecule has 2 heteroatoms. The highest BCUT2D eigenvalue weighted by Gasteiger charge is 2.22. The van der Waals surface area contributed by atoms with Crippen LogP contribution in [0, 0.1) is 0 Å². The first-order valence-corrected chi connectivity index (χ1v) is 11.4. The van der Waals surface area contributed by atoms with Crippen molar-refractivity contribution in [1.29, 1.82) is 0 Å². The molecule has 6 rings (SSSR count).